The van der Waals surface area contributed by atoms with Gasteiger partial charge in [0.25, 0.3) is 0 Å². The SMILES string of the molecule is COC(=O)c1ccc(OC(=O)c2ccccc2)cc1.[H-].[H-].[Na+].[Na+]. The average Bonchev–Trinajstić information content (AvgIpc) is 2.48. The van der Waals surface area contributed by atoms with Crippen LogP contribution in [0.5, 0.6) is 5.75 Å². The third-order valence-electron chi connectivity index (χ3n) is 2.50. The maximum absolute atomic E-state index is 11.8. The summed E-state index contributed by atoms with van der Waals surface area (Å²) in [4.78, 5) is 23.0. The van der Waals surface area contributed by atoms with Gasteiger partial charge in [-0.15, -0.1) is 0 Å². The summed E-state index contributed by atoms with van der Waals surface area (Å²) in [6.45, 7) is 0. The third-order valence-corrected chi connectivity index (χ3v) is 2.50. The minimum atomic E-state index is -0.439. The molecule has 4 nitrogen and oxygen atoms in total. The van der Waals surface area contributed by atoms with Crippen molar-refractivity contribution in [1.82, 2.24) is 0 Å². The van der Waals surface area contributed by atoms with Crippen LogP contribution in [0.4, 0.5) is 0 Å². The minimum absolute atomic E-state index is 0. The van der Waals surface area contributed by atoms with Gasteiger partial charge in [-0.05, 0) is 36.4 Å². The second-order valence-electron chi connectivity index (χ2n) is 3.77. The zero-order chi connectivity index (χ0) is 13.7. The van der Waals surface area contributed by atoms with Crippen LogP contribution in [0.1, 0.15) is 23.6 Å². The fourth-order valence-corrected chi connectivity index (χ4v) is 1.52. The molecule has 2 rings (SSSR count). The van der Waals surface area contributed by atoms with Crippen LogP contribution in [0, 0.1) is 0 Å². The van der Waals surface area contributed by atoms with Crippen molar-refractivity contribution in [3.63, 3.8) is 0 Å². The number of rotatable bonds is 3. The molecule has 0 aliphatic heterocycles. The standard InChI is InChI=1S/C15H12O4.2Na.2H/c1-18-14(16)12-7-9-13(10-8-12)19-15(17)11-5-3-2-4-6-11;;;;/h2-10H,1H3;;;;/q;2*+1;2*-1. The second-order valence-corrected chi connectivity index (χ2v) is 3.77. The van der Waals surface area contributed by atoms with Gasteiger partial charge in [-0.1, -0.05) is 18.2 Å². The number of carbonyl (C=O) groups is 2. The quantitative estimate of drug-likeness (QED) is 0.343. The molecule has 0 radical (unpaired) electrons. The molecule has 0 saturated heterocycles. The first-order valence-electron chi connectivity index (χ1n) is 5.66. The molecule has 6 heteroatoms. The van der Waals surface area contributed by atoms with E-state index in [2.05, 4.69) is 4.74 Å². The molecule has 21 heavy (non-hydrogen) atoms. The van der Waals surface area contributed by atoms with E-state index in [1.807, 2.05) is 6.07 Å². The Kier molecular flexibility index (Phi) is 9.86. The van der Waals surface area contributed by atoms with E-state index in [0.29, 0.717) is 16.9 Å². The van der Waals surface area contributed by atoms with Crippen LogP contribution in [0.2, 0.25) is 0 Å². The molecule has 0 amide bonds. The van der Waals surface area contributed by atoms with Crippen molar-refractivity contribution >= 4 is 11.9 Å². The first-order chi connectivity index (χ1) is 9.20. The van der Waals surface area contributed by atoms with Crippen LogP contribution in [-0.4, -0.2) is 19.0 Å². The van der Waals surface area contributed by atoms with Gasteiger partial charge in [0.05, 0.1) is 18.2 Å². The predicted octanol–water partition coefficient (Wildman–Crippen LogP) is -3.07. The number of carbonyl (C=O) groups excluding carboxylic acids is 2. The zero-order valence-corrected chi connectivity index (χ0v) is 16.3. The number of hydrogen-bond donors (Lipinski definition) is 0. The van der Waals surface area contributed by atoms with Gasteiger partial charge in [0.2, 0.25) is 0 Å². The van der Waals surface area contributed by atoms with Crippen LogP contribution >= 0.6 is 0 Å². The van der Waals surface area contributed by atoms with Crippen LogP contribution in [0.3, 0.4) is 0 Å². The van der Waals surface area contributed by atoms with E-state index in [1.54, 1.807) is 48.5 Å². The normalized spacial score (nSPS) is 8.81. The summed E-state index contributed by atoms with van der Waals surface area (Å²) in [5, 5.41) is 0. The van der Waals surface area contributed by atoms with Crippen molar-refractivity contribution in [3.8, 4) is 5.75 Å². The molecule has 100 valence electrons. The molecular formula is C15H14Na2O4. The summed E-state index contributed by atoms with van der Waals surface area (Å²) < 4.78 is 9.76. The molecule has 0 bridgehead atoms. The van der Waals surface area contributed by atoms with Crippen molar-refractivity contribution in [3.05, 3.63) is 65.7 Å². The molecule has 0 spiro atoms. The van der Waals surface area contributed by atoms with Gasteiger partial charge in [-0.25, -0.2) is 9.59 Å². The second kappa shape index (κ2) is 10.2. The summed E-state index contributed by atoms with van der Waals surface area (Å²) in [6, 6.07) is 14.9. The Morgan fingerprint density at radius 1 is 0.810 bits per heavy atom. The number of hydrogen-bond acceptors (Lipinski definition) is 4. The molecule has 2 aromatic rings. The van der Waals surface area contributed by atoms with Crippen molar-refractivity contribution in [2.45, 2.75) is 0 Å². The molecular weight excluding hydrogens is 290 g/mol. The fourth-order valence-electron chi connectivity index (χ4n) is 1.52. The topological polar surface area (TPSA) is 52.6 Å². The number of benzene rings is 2. The molecule has 0 unspecified atom stereocenters. The van der Waals surface area contributed by atoms with Crippen LogP contribution in [-0.2, 0) is 4.74 Å². The van der Waals surface area contributed by atoms with Gasteiger partial charge in [0.1, 0.15) is 5.75 Å². The molecule has 0 aliphatic carbocycles. The van der Waals surface area contributed by atoms with E-state index in [-0.39, 0.29) is 62.0 Å². The fraction of sp³-hybridized carbons (Fsp3) is 0.0667. The summed E-state index contributed by atoms with van der Waals surface area (Å²) in [7, 11) is 1.31. The molecule has 2 aromatic carbocycles. The molecule has 0 aliphatic rings. The Balaban J connectivity index is -0.000001000. The summed E-state index contributed by atoms with van der Waals surface area (Å²) >= 11 is 0. The van der Waals surface area contributed by atoms with Crippen molar-refractivity contribution < 1.29 is 81.0 Å². The van der Waals surface area contributed by atoms with Crippen LogP contribution in [0.15, 0.2) is 54.6 Å². The first kappa shape index (κ1) is 20.4. The number of ether oxygens (including phenoxy) is 2. The smallest absolute Gasteiger partial charge is 1.00 e. The van der Waals surface area contributed by atoms with Crippen molar-refractivity contribution in [1.29, 1.82) is 0 Å². The Morgan fingerprint density at radius 3 is 1.86 bits per heavy atom. The van der Waals surface area contributed by atoms with Crippen LogP contribution in [0.25, 0.3) is 0 Å². The molecule has 0 N–H and O–H groups in total. The Labute approximate surface area is 170 Å². The van der Waals surface area contributed by atoms with E-state index in [9.17, 15) is 9.59 Å². The summed E-state index contributed by atoms with van der Waals surface area (Å²) in [5.41, 5.74) is 0.876. The summed E-state index contributed by atoms with van der Waals surface area (Å²) in [5.74, 6) is -0.492. The van der Waals surface area contributed by atoms with E-state index in [0.717, 1.165) is 0 Å². The van der Waals surface area contributed by atoms with Gasteiger partial charge >= 0.3 is 71.1 Å². The maximum atomic E-state index is 11.8. The van der Waals surface area contributed by atoms with Crippen molar-refractivity contribution in [2.24, 2.45) is 0 Å². The molecule has 0 fully saturated rings. The predicted molar refractivity (Wildman–Crippen MR) is 71.4 cm³/mol. The molecule has 0 aromatic heterocycles. The van der Waals surface area contributed by atoms with Gasteiger partial charge < -0.3 is 12.3 Å². The Morgan fingerprint density at radius 2 is 1.33 bits per heavy atom. The van der Waals surface area contributed by atoms with Gasteiger partial charge in [0.15, 0.2) is 0 Å². The van der Waals surface area contributed by atoms with Gasteiger partial charge in [-0.3, -0.25) is 0 Å². The molecule has 0 saturated carbocycles. The van der Waals surface area contributed by atoms with Crippen LogP contribution < -0.4 is 63.9 Å². The first-order valence-corrected chi connectivity index (χ1v) is 5.66. The van der Waals surface area contributed by atoms with E-state index in [1.165, 1.54) is 7.11 Å². The largest absolute Gasteiger partial charge is 1.00 e. The minimum Gasteiger partial charge on any atom is -1.00 e. The molecule has 0 heterocycles. The monoisotopic (exact) mass is 304 g/mol. The summed E-state index contributed by atoms with van der Waals surface area (Å²) in [6.07, 6.45) is 0. The van der Waals surface area contributed by atoms with E-state index in [4.69, 9.17) is 4.74 Å². The zero-order valence-electron chi connectivity index (χ0n) is 14.3. The molecule has 0 atom stereocenters. The van der Waals surface area contributed by atoms with Gasteiger partial charge in [-0.2, -0.15) is 0 Å². The Hall–Kier alpha value is -0.620. The number of methoxy groups -OCH3 is 1. The van der Waals surface area contributed by atoms with E-state index < -0.39 is 11.9 Å². The van der Waals surface area contributed by atoms with Crippen molar-refractivity contribution in [2.75, 3.05) is 7.11 Å². The van der Waals surface area contributed by atoms with Gasteiger partial charge in [0, 0.05) is 0 Å². The number of esters is 2. The Bertz CT molecular complexity index is 592. The third kappa shape index (κ3) is 5.94. The average molecular weight is 304 g/mol. The van der Waals surface area contributed by atoms with E-state index >= 15 is 0 Å². The maximum Gasteiger partial charge on any atom is 1.00 e.